The van der Waals surface area contributed by atoms with E-state index in [1.54, 1.807) is 19.1 Å². The lowest BCUT2D eigenvalue weighted by Gasteiger charge is -2.10. The van der Waals surface area contributed by atoms with Crippen molar-refractivity contribution in [1.82, 2.24) is 5.32 Å². The first-order chi connectivity index (χ1) is 11.5. The number of non-ortho nitro benzene ring substituents is 1. The molecular formula is C17H15N3O3S. The summed E-state index contributed by atoms with van der Waals surface area (Å²) in [5, 5.41) is 16.2. The molecule has 122 valence electrons. The van der Waals surface area contributed by atoms with E-state index in [2.05, 4.69) is 10.6 Å². The van der Waals surface area contributed by atoms with E-state index < -0.39 is 4.92 Å². The van der Waals surface area contributed by atoms with Crippen LogP contribution < -0.4 is 10.6 Å². The van der Waals surface area contributed by atoms with E-state index >= 15 is 0 Å². The predicted molar refractivity (Wildman–Crippen MR) is 97.7 cm³/mol. The Kier molecular flexibility index (Phi) is 5.75. The van der Waals surface area contributed by atoms with Crippen LogP contribution in [0, 0.1) is 17.0 Å². The van der Waals surface area contributed by atoms with Gasteiger partial charge in [0.15, 0.2) is 5.11 Å². The molecule has 0 spiro atoms. The molecule has 0 saturated carbocycles. The Morgan fingerprint density at radius 3 is 2.54 bits per heavy atom. The lowest BCUT2D eigenvalue weighted by molar-refractivity contribution is -0.384. The average Bonchev–Trinajstić information content (AvgIpc) is 2.55. The Labute approximate surface area is 144 Å². The molecule has 0 aliphatic rings. The normalized spacial score (nSPS) is 10.4. The molecule has 1 amide bonds. The van der Waals surface area contributed by atoms with Crippen LogP contribution in [0.4, 0.5) is 11.4 Å². The van der Waals surface area contributed by atoms with Crippen molar-refractivity contribution in [3.05, 3.63) is 75.8 Å². The number of thiocarbonyl (C=S) groups is 1. The molecule has 0 atom stereocenters. The SMILES string of the molecule is Cc1cc([N+](=O)[O-])ccc1NC(=S)NC(=O)C=Cc1ccccc1. The number of nitrogens with one attached hydrogen (secondary N) is 2. The minimum absolute atomic E-state index is 0.00111. The van der Waals surface area contributed by atoms with Gasteiger partial charge in [-0.25, -0.2) is 0 Å². The van der Waals surface area contributed by atoms with Crippen molar-refractivity contribution in [3.63, 3.8) is 0 Å². The van der Waals surface area contributed by atoms with Crippen molar-refractivity contribution in [1.29, 1.82) is 0 Å². The molecule has 6 nitrogen and oxygen atoms in total. The van der Waals surface area contributed by atoms with E-state index in [9.17, 15) is 14.9 Å². The summed E-state index contributed by atoms with van der Waals surface area (Å²) in [5.74, 6) is -0.365. The van der Waals surface area contributed by atoms with Gasteiger partial charge in [0.1, 0.15) is 0 Å². The Morgan fingerprint density at radius 1 is 1.21 bits per heavy atom. The van der Waals surface area contributed by atoms with Crippen LogP contribution in [0.2, 0.25) is 0 Å². The number of rotatable bonds is 4. The van der Waals surface area contributed by atoms with Crippen molar-refractivity contribution >= 4 is 40.7 Å². The molecular weight excluding hydrogens is 326 g/mol. The van der Waals surface area contributed by atoms with Gasteiger partial charge < -0.3 is 5.32 Å². The maximum atomic E-state index is 11.8. The number of anilines is 1. The fourth-order valence-corrected chi connectivity index (χ4v) is 2.16. The highest BCUT2D eigenvalue weighted by molar-refractivity contribution is 7.80. The summed E-state index contributed by atoms with van der Waals surface area (Å²) in [6.07, 6.45) is 3.06. The standard InChI is InChI=1S/C17H15N3O3S/c1-12-11-14(20(22)23)8-9-15(12)18-17(24)19-16(21)10-7-13-5-3-2-4-6-13/h2-11H,1H3,(H2,18,19,21,24). The number of nitro groups is 1. The van der Waals surface area contributed by atoms with Crippen LogP contribution in [0.1, 0.15) is 11.1 Å². The number of aryl methyl sites for hydroxylation is 1. The molecule has 24 heavy (non-hydrogen) atoms. The first kappa shape index (κ1) is 17.3. The molecule has 2 N–H and O–H groups in total. The van der Waals surface area contributed by atoms with Gasteiger partial charge in [-0.3, -0.25) is 20.2 Å². The molecule has 0 aliphatic heterocycles. The third-order valence-electron chi connectivity index (χ3n) is 3.13. The third kappa shape index (κ3) is 4.99. The molecule has 7 heteroatoms. The number of amides is 1. The lowest BCUT2D eigenvalue weighted by Crippen LogP contribution is -2.33. The van der Waals surface area contributed by atoms with Crippen LogP contribution in [-0.4, -0.2) is 15.9 Å². The third-order valence-corrected chi connectivity index (χ3v) is 3.34. The van der Waals surface area contributed by atoms with Gasteiger partial charge in [-0.15, -0.1) is 0 Å². The first-order valence-corrected chi connectivity index (χ1v) is 7.46. The number of benzene rings is 2. The van der Waals surface area contributed by atoms with E-state index in [1.165, 1.54) is 18.2 Å². The van der Waals surface area contributed by atoms with Gasteiger partial charge in [-0.1, -0.05) is 30.3 Å². The van der Waals surface area contributed by atoms with Gasteiger partial charge in [0.2, 0.25) is 5.91 Å². The average molecular weight is 341 g/mol. The highest BCUT2D eigenvalue weighted by atomic mass is 32.1. The summed E-state index contributed by atoms with van der Waals surface area (Å²) in [5.41, 5.74) is 2.15. The molecule has 0 radical (unpaired) electrons. The fraction of sp³-hybridized carbons (Fsp3) is 0.0588. The zero-order valence-corrected chi connectivity index (χ0v) is 13.7. The summed E-state index contributed by atoms with van der Waals surface area (Å²) in [6.45, 7) is 1.72. The second kappa shape index (κ2) is 7.98. The summed E-state index contributed by atoms with van der Waals surface area (Å²) in [4.78, 5) is 22.1. The Bertz CT molecular complexity index is 804. The van der Waals surface area contributed by atoms with E-state index in [0.29, 0.717) is 11.3 Å². The summed E-state index contributed by atoms with van der Waals surface area (Å²) in [7, 11) is 0. The van der Waals surface area contributed by atoms with Gasteiger partial charge in [0.05, 0.1) is 4.92 Å². The van der Waals surface area contributed by atoms with Gasteiger partial charge in [-0.2, -0.15) is 0 Å². The molecule has 0 aromatic heterocycles. The van der Waals surface area contributed by atoms with Crippen molar-refractivity contribution in [2.75, 3.05) is 5.32 Å². The first-order valence-electron chi connectivity index (χ1n) is 7.06. The minimum atomic E-state index is -0.467. The molecule has 0 saturated heterocycles. The van der Waals surface area contributed by atoms with Crippen LogP contribution in [0.25, 0.3) is 6.08 Å². The monoisotopic (exact) mass is 341 g/mol. The highest BCUT2D eigenvalue weighted by Gasteiger charge is 2.09. The van der Waals surface area contributed by atoms with E-state index in [4.69, 9.17) is 12.2 Å². The molecule has 0 fully saturated rings. The number of hydrogen-bond donors (Lipinski definition) is 2. The van der Waals surface area contributed by atoms with Crippen LogP contribution >= 0.6 is 12.2 Å². The molecule has 0 bridgehead atoms. The van der Waals surface area contributed by atoms with E-state index in [-0.39, 0.29) is 16.7 Å². The van der Waals surface area contributed by atoms with Crippen molar-refractivity contribution in [2.45, 2.75) is 6.92 Å². The number of carbonyl (C=O) groups is 1. The number of nitrogens with zero attached hydrogens (tertiary/aromatic N) is 1. The summed E-state index contributed by atoms with van der Waals surface area (Å²) < 4.78 is 0. The van der Waals surface area contributed by atoms with Gasteiger partial charge in [0, 0.05) is 23.9 Å². The van der Waals surface area contributed by atoms with Crippen LogP contribution in [0.3, 0.4) is 0 Å². The van der Waals surface area contributed by atoms with Crippen molar-refractivity contribution in [2.24, 2.45) is 0 Å². The second-order valence-corrected chi connectivity index (χ2v) is 5.35. The molecule has 2 rings (SSSR count). The summed E-state index contributed by atoms with van der Waals surface area (Å²) in [6, 6.07) is 13.7. The Balaban J connectivity index is 1.94. The second-order valence-electron chi connectivity index (χ2n) is 4.94. The smallest absolute Gasteiger partial charge is 0.269 e. The van der Waals surface area contributed by atoms with Gasteiger partial charge >= 0.3 is 0 Å². The highest BCUT2D eigenvalue weighted by Crippen LogP contribution is 2.20. The number of hydrogen-bond acceptors (Lipinski definition) is 4. The zero-order valence-electron chi connectivity index (χ0n) is 12.9. The summed E-state index contributed by atoms with van der Waals surface area (Å²) >= 11 is 5.08. The molecule has 0 aliphatic carbocycles. The lowest BCUT2D eigenvalue weighted by atomic mass is 10.2. The Morgan fingerprint density at radius 2 is 1.92 bits per heavy atom. The van der Waals surface area contributed by atoms with Crippen molar-refractivity contribution < 1.29 is 9.72 Å². The largest absolute Gasteiger partial charge is 0.332 e. The zero-order chi connectivity index (χ0) is 17.5. The quantitative estimate of drug-likeness (QED) is 0.385. The molecule has 0 heterocycles. The van der Waals surface area contributed by atoms with Gasteiger partial charge in [0.25, 0.3) is 5.69 Å². The van der Waals surface area contributed by atoms with E-state index in [0.717, 1.165) is 5.56 Å². The van der Waals surface area contributed by atoms with Gasteiger partial charge in [-0.05, 0) is 42.4 Å². The van der Waals surface area contributed by atoms with Crippen LogP contribution in [-0.2, 0) is 4.79 Å². The van der Waals surface area contributed by atoms with Crippen molar-refractivity contribution in [3.8, 4) is 0 Å². The predicted octanol–water partition coefficient (Wildman–Crippen LogP) is 3.43. The number of carbonyl (C=O) groups excluding carboxylic acids is 1. The van der Waals surface area contributed by atoms with Crippen LogP contribution in [0.5, 0.6) is 0 Å². The molecule has 0 unspecified atom stereocenters. The Hall–Kier alpha value is -3.06. The maximum absolute atomic E-state index is 11.8. The number of nitro benzene ring substituents is 1. The minimum Gasteiger partial charge on any atom is -0.332 e. The molecule has 2 aromatic rings. The van der Waals surface area contributed by atoms with E-state index in [1.807, 2.05) is 30.3 Å². The fourth-order valence-electron chi connectivity index (χ4n) is 1.94. The topological polar surface area (TPSA) is 84.3 Å². The molecule has 2 aromatic carbocycles. The maximum Gasteiger partial charge on any atom is 0.269 e. The van der Waals surface area contributed by atoms with Crippen LogP contribution in [0.15, 0.2) is 54.6 Å².